The van der Waals surface area contributed by atoms with Crippen LogP contribution >= 0.6 is 0 Å². The Morgan fingerprint density at radius 2 is 1.85 bits per heavy atom. The van der Waals surface area contributed by atoms with E-state index in [0.717, 1.165) is 6.07 Å². The number of primary amides is 1. The number of alkyl halides is 3. The van der Waals surface area contributed by atoms with Crippen LogP contribution in [0.15, 0.2) is 24.3 Å². The SMILES string of the molecule is COCCNC(=O)C(CC(C)(C)OC(N)=O)c1ccccc1C(F)(F)F. The Labute approximate surface area is 149 Å². The van der Waals surface area contributed by atoms with Crippen molar-refractivity contribution in [1.29, 1.82) is 0 Å². The van der Waals surface area contributed by atoms with Crippen molar-refractivity contribution in [2.45, 2.75) is 38.0 Å². The lowest BCUT2D eigenvalue weighted by molar-refractivity contribution is -0.139. The maximum absolute atomic E-state index is 13.4. The third-order valence-corrected chi connectivity index (χ3v) is 3.64. The van der Waals surface area contributed by atoms with Crippen molar-refractivity contribution in [3.63, 3.8) is 0 Å². The first-order chi connectivity index (χ1) is 12.0. The van der Waals surface area contributed by atoms with Crippen LogP contribution in [-0.2, 0) is 20.4 Å². The average molecular weight is 376 g/mol. The second-order valence-electron chi connectivity index (χ2n) is 6.31. The van der Waals surface area contributed by atoms with Gasteiger partial charge < -0.3 is 20.5 Å². The second kappa shape index (κ2) is 8.88. The van der Waals surface area contributed by atoms with E-state index < -0.39 is 35.3 Å². The summed E-state index contributed by atoms with van der Waals surface area (Å²) in [7, 11) is 1.44. The summed E-state index contributed by atoms with van der Waals surface area (Å²) in [4.78, 5) is 23.6. The van der Waals surface area contributed by atoms with E-state index in [9.17, 15) is 22.8 Å². The van der Waals surface area contributed by atoms with E-state index in [-0.39, 0.29) is 25.1 Å². The smallest absolute Gasteiger partial charge is 0.416 e. The van der Waals surface area contributed by atoms with Crippen LogP contribution in [0.1, 0.15) is 37.3 Å². The molecule has 1 unspecified atom stereocenters. The van der Waals surface area contributed by atoms with E-state index in [1.165, 1.54) is 39.2 Å². The summed E-state index contributed by atoms with van der Waals surface area (Å²) in [5, 5.41) is 2.53. The highest BCUT2D eigenvalue weighted by Gasteiger charge is 2.39. The normalized spacial score (nSPS) is 13.2. The molecule has 9 heteroatoms. The average Bonchev–Trinajstić information content (AvgIpc) is 2.50. The third-order valence-electron chi connectivity index (χ3n) is 3.64. The zero-order valence-electron chi connectivity index (χ0n) is 14.9. The van der Waals surface area contributed by atoms with Crippen molar-refractivity contribution < 1.29 is 32.2 Å². The number of nitrogens with one attached hydrogen (secondary N) is 1. The van der Waals surface area contributed by atoms with Crippen molar-refractivity contribution in [2.75, 3.05) is 20.3 Å². The van der Waals surface area contributed by atoms with Gasteiger partial charge in [0.25, 0.3) is 0 Å². The van der Waals surface area contributed by atoms with E-state index in [4.69, 9.17) is 15.2 Å². The van der Waals surface area contributed by atoms with Crippen LogP contribution in [-0.4, -0.2) is 37.9 Å². The summed E-state index contributed by atoms with van der Waals surface area (Å²) in [6.45, 7) is 3.30. The molecule has 1 atom stereocenters. The quantitative estimate of drug-likeness (QED) is 0.683. The number of carbonyl (C=O) groups is 2. The second-order valence-corrected chi connectivity index (χ2v) is 6.31. The van der Waals surface area contributed by atoms with Crippen molar-refractivity contribution in [3.05, 3.63) is 35.4 Å². The number of ether oxygens (including phenoxy) is 2. The monoisotopic (exact) mass is 376 g/mol. The summed E-state index contributed by atoms with van der Waals surface area (Å²) < 4.78 is 49.9. The third kappa shape index (κ3) is 6.55. The van der Waals surface area contributed by atoms with Gasteiger partial charge in [0.15, 0.2) is 0 Å². The first-order valence-electron chi connectivity index (χ1n) is 7.89. The van der Waals surface area contributed by atoms with Gasteiger partial charge in [-0.1, -0.05) is 18.2 Å². The molecule has 0 spiro atoms. The highest BCUT2D eigenvalue weighted by molar-refractivity contribution is 5.84. The summed E-state index contributed by atoms with van der Waals surface area (Å²) in [5.74, 6) is -1.82. The summed E-state index contributed by atoms with van der Waals surface area (Å²) in [6.07, 6.45) is -5.88. The molecule has 0 fully saturated rings. The molecule has 2 amide bonds. The Morgan fingerprint density at radius 3 is 2.38 bits per heavy atom. The molecule has 0 radical (unpaired) electrons. The predicted molar refractivity (Wildman–Crippen MR) is 88.4 cm³/mol. The molecule has 0 aliphatic heterocycles. The highest BCUT2D eigenvalue weighted by Crippen LogP contribution is 2.38. The Morgan fingerprint density at radius 1 is 1.23 bits per heavy atom. The van der Waals surface area contributed by atoms with Crippen LogP contribution in [0.4, 0.5) is 18.0 Å². The molecular formula is C17H23F3N2O4. The fourth-order valence-electron chi connectivity index (χ4n) is 2.61. The summed E-state index contributed by atoms with van der Waals surface area (Å²) in [5.41, 5.74) is 2.65. The van der Waals surface area contributed by atoms with Crippen molar-refractivity contribution >= 4 is 12.0 Å². The van der Waals surface area contributed by atoms with Gasteiger partial charge in [-0.3, -0.25) is 4.79 Å². The predicted octanol–water partition coefficient (Wildman–Crippen LogP) is 2.82. The summed E-state index contributed by atoms with van der Waals surface area (Å²) >= 11 is 0. The minimum atomic E-state index is -4.63. The van der Waals surface area contributed by atoms with Gasteiger partial charge in [-0.25, -0.2) is 4.79 Å². The molecule has 0 bridgehead atoms. The number of hydrogen-bond donors (Lipinski definition) is 2. The molecule has 1 aromatic rings. The van der Waals surface area contributed by atoms with E-state index in [0.29, 0.717) is 0 Å². The topological polar surface area (TPSA) is 90.7 Å². The summed E-state index contributed by atoms with van der Waals surface area (Å²) in [6, 6.07) is 4.82. The standard InChI is InChI=1S/C17H23F3N2O4/c1-16(2,26-15(21)24)10-12(14(23)22-8-9-25-3)11-6-4-5-7-13(11)17(18,19)20/h4-7,12H,8-10H2,1-3H3,(H2,21,24)(H,22,23). The lowest BCUT2D eigenvalue weighted by Crippen LogP contribution is -2.39. The minimum Gasteiger partial charge on any atom is -0.444 e. The maximum Gasteiger partial charge on any atom is 0.416 e. The van der Waals surface area contributed by atoms with Gasteiger partial charge in [0, 0.05) is 20.1 Å². The van der Waals surface area contributed by atoms with Crippen LogP contribution in [0, 0.1) is 0 Å². The number of rotatable bonds is 8. The van der Waals surface area contributed by atoms with Gasteiger partial charge >= 0.3 is 12.3 Å². The maximum atomic E-state index is 13.4. The first kappa shape index (κ1) is 21.8. The molecule has 0 saturated heterocycles. The molecule has 6 nitrogen and oxygen atoms in total. The Kier molecular flexibility index (Phi) is 7.43. The van der Waals surface area contributed by atoms with Crippen LogP contribution in [0.5, 0.6) is 0 Å². The van der Waals surface area contributed by atoms with E-state index >= 15 is 0 Å². The first-order valence-corrected chi connectivity index (χ1v) is 7.89. The highest BCUT2D eigenvalue weighted by atomic mass is 19.4. The molecule has 1 rings (SSSR count). The minimum absolute atomic E-state index is 0.136. The van der Waals surface area contributed by atoms with Crippen LogP contribution in [0.3, 0.4) is 0 Å². The molecule has 0 aliphatic rings. The molecule has 146 valence electrons. The van der Waals surface area contributed by atoms with Crippen molar-refractivity contribution in [2.24, 2.45) is 5.73 Å². The number of halogens is 3. The van der Waals surface area contributed by atoms with Crippen LogP contribution < -0.4 is 11.1 Å². The number of nitrogens with two attached hydrogens (primary N) is 1. The van der Waals surface area contributed by atoms with E-state index in [1.807, 2.05) is 0 Å². The molecular weight excluding hydrogens is 353 g/mol. The van der Waals surface area contributed by atoms with Gasteiger partial charge in [0.05, 0.1) is 18.1 Å². The van der Waals surface area contributed by atoms with Gasteiger partial charge in [-0.05, 0) is 25.5 Å². The number of amides is 2. The number of methoxy groups -OCH3 is 1. The zero-order valence-corrected chi connectivity index (χ0v) is 14.9. The number of benzene rings is 1. The fourth-order valence-corrected chi connectivity index (χ4v) is 2.61. The van der Waals surface area contributed by atoms with Gasteiger partial charge in [0.1, 0.15) is 5.60 Å². The Bertz CT molecular complexity index is 633. The molecule has 0 aromatic heterocycles. The molecule has 0 saturated carbocycles. The Balaban J connectivity index is 3.24. The van der Waals surface area contributed by atoms with Crippen LogP contribution in [0.2, 0.25) is 0 Å². The molecule has 0 aliphatic carbocycles. The van der Waals surface area contributed by atoms with Crippen LogP contribution in [0.25, 0.3) is 0 Å². The molecule has 26 heavy (non-hydrogen) atoms. The van der Waals surface area contributed by atoms with E-state index in [2.05, 4.69) is 5.32 Å². The molecule has 1 aromatic carbocycles. The van der Waals surface area contributed by atoms with Gasteiger partial charge in [-0.15, -0.1) is 0 Å². The fraction of sp³-hybridized carbons (Fsp3) is 0.529. The Hall–Kier alpha value is -2.29. The van der Waals surface area contributed by atoms with Gasteiger partial charge in [-0.2, -0.15) is 13.2 Å². The number of hydrogen-bond acceptors (Lipinski definition) is 4. The van der Waals surface area contributed by atoms with Gasteiger partial charge in [0.2, 0.25) is 5.91 Å². The lowest BCUT2D eigenvalue weighted by Gasteiger charge is -2.30. The van der Waals surface area contributed by atoms with Crippen molar-refractivity contribution in [3.8, 4) is 0 Å². The molecule has 0 heterocycles. The number of carbonyl (C=O) groups excluding carboxylic acids is 2. The van der Waals surface area contributed by atoms with Crippen molar-refractivity contribution in [1.82, 2.24) is 5.32 Å². The zero-order chi connectivity index (χ0) is 20.0. The lowest BCUT2D eigenvalue weighted by atomic mass is 9.84. The molecule has 3 N–H and O–H groups in total. The largest absolute Gasteiger partial charge is 0.444 e. The van der Waals surface area contributed by atoms with E-state index in [1.54, 1.807) is 0 Å².